The highest BCUT2D eigenvalue weighted by Gasteiger charge is 2.28. The highest BCUT2D eigenvalue weighted by Crippen LogP contribution is 2.33. The Morgan fingerprint density at radius 2 is 2.25 bits per heavy atom. The molecule has 0 aromatic carbocycles. The van der Waals surface area contributed by atoms with Gasteiger partial charge in [-0.1, -0.05) is 11.6 Å². The Labute approximate surface area is 105 Å². The summed E-state index contributed by atoms with van der Waals surface area (Å²) >= 11 is 7.89. The van der Waals surface area contributed by atoms with Crippen LogP contribution >= 0.6 is 23.4 Å². The molecular weight excluding hydrogens is 242 g/mol. The van der Waals surface area contributed by atoms with E-state index in [1.165, 1.54) is 0 Å². The fourth-order valence-electron chi connectivity index (χ4n) is 1.89. The van der Waals surface area contributed by atoms with Crippen molar-refractivity contribution in [3.63, 3.8) is 0 Å². The van der Waals surface area contributed by atoms with Crippen LogP contribution in [-0.2, 0) is 0 Å². The van der Waals surface area contributed by atoms with Crippen molar-refractivity contribution >= 4 is 34.9 Å². The summed E-state index contributed by atoms with van der Waals surface area (Å²) in [5, 5.41) is 0.500. The standard InChI is InChI=1S/C11H16ClN3S/c1-11(2)7-15(5-6-16-11)10-8(13)3-4-9(12)14-10/h3-4H,5-7,13H2,1-2H3. The topological polar surface area (TPSA) is 42.2 Å². The lowest BCUT2D eigenvalue weighted by atomic mass is 10.2. The molecule has 2 N–H and O–H groups in total. The summed E-state index contributed by atoms with van der Waals surface area (Å²) in [6.07, 6.45) is 0. The van der Waals surface area contributed by atoms with Crippen LogP contribution < -0.4 is 10.6 Å². The fraction of sp³-hybridized carbons (Fsp3) is 0.545. The molecule has 0 radical (unpaired) electrons. The van der Waals surface area contributed by atoms with Crippen LogP contribution in [0.5, 0.6) is 0 Å². The summed E-state index contributed by atoms with van der Waals surface area (Å²) in [5.74, 6) is 1.92. The maximum absolute atomic E-state index is 5.94. The SMILES string of the molecule is CC1(C)CN(c2nc(Cl)ccc2N)CCS1. The minimum absolute atomic E-state index is 0.245. The van der Waals surface area contributed by atoms with Crippen molar-refractivity contribution in [1.82, 2.24) is 4.98 Å². The number of pyridine rings is 1. The minimum atomic E-state index is 0.245. The molecule has 0 atom stereocenters. The summed E-state index contributed by atoms with van der Waals surface area (Å²) < 4.78 is 0.245. The minimum Gasteiger partial charge on any atom is -0.396 e. The van der Waals surface area contributed by atoms with Crippen LogP contribution in [0.2, 0.25) is 5.15 Å². The number of halogens is 1. The summed E-state index contributed by atoms with van der Waals surface area (Å²) in [5.41, 5.74) is 6.64. The molecular formula is C11H16ClN3S. The first-order valence-corrected chi connectivity index (χ1v) is 6.65. The van der Waals surface area contributed by atoms with Gasteiger partial charge in [-0.2, -0.15) is 11.8 Å². The van der Waals surface area contributed by atoms with Gasteiger partial charge in [0.2, 0.25) is 0 Å². The lowest BCUT2D eigenvalue weighted by molar-refractivity contribution is 0.643. The molecule has 1 aliphatic rings. The summed E-state index contributed by atoms with van der Waals surface area (Å²) in [4.78, 5) is 6.54. The quantitative estimate of drug-likeness (QED) is 0.786. The van der Waals surface area contributed by atoms with Gasteiger partial charge in [0.05, 0.1) is 5.69 Å². The molecule has 0 saturated carbocycles. The average Bonchev–Trinajstić information content (AvgIpc) is 2.20. The van der Waals surface area contributed by atoms with E-state index in [2.05, 4.69) is 23.7 Å². The van der Waals surface area contributed by atoms with E-state index >= 15 is 0 Å². The Morgan fingerprint density at radius 1 is 1.50 bits per heavy atom. The number of anilines is 2. The van der Waals surface area contributed by atoms with Crippen molar-refractivity contribution < 1.29 is 0 Å². The highest BCUT2D eigenvalue weighted by molar-refractivity contribution is 8.00. The lowest BCUT2D eigenvalue weighted by Gasteiger charge is -2.38. The molecule has 1 aromatic heterocycles. The predicted octanol–water partition coefficient (Wildman–Crippen LogP) is 2.65. The smallest absolute Gasteiger partial charge is 0.153 e. The van der Waals surface area contributed by atoms with Crippen molar-refractivity contribution in [3.8, 4) is 0 Å². The van der Waals surface area contributed by atoms with Gasteiger partial charge in [0.1, 0.15) is 5.15 Å². The zero-order valence-electron chi connectivity index (χ0n) is 9.53. The second-order valence-corrected chi connectivity index (χ2v) is 6.77. The van der Waals surface area contributed by atoms with Gasteiger partial charge in [0, 0.05) is 23.6 Å². The van der Waals surface area contributed by atoms with Crippen LogP contribution in [-0.4, -0.2) is 28.6 Å². The molecule has 1 aromatic rings. The van der Waals surface area contributed by atoms with Crippen LogP contribution in [0.4, 0.5) is 11.5 Å². The van der Waals surface area contributed by atoms with Crippen LogP contribution in [0.1, 0.15) is 13.8 Å². The van der Waals surface area contributed by atoms with Gasteiger partial charge in [-0.15, -0.1) is 0 Å². The van der Waals surface area contributed by atoms with E-state index in [9.17, 15) is 0 Å². The van der Waals surface area contributed by atoms with Gasteiger partial charge in [0.15, 0.2) is 5.82 Å². The zero-order chi connectivity index (χ0) is 11.8. The highest BCUT2D eigenvalue weighted by atomic mass is 35.5. The second-order valence-electron chi connectivity index (χ2n) is 4.58. The summed E-state index contributed by atoms with van der Waals surface area (Å²) in [6.45, 7) is 6.41. The molecule has 1 aliphatic heterocycles. The predicted molar refractivity (Wildman–Crippen MR) is 72.4 cm³/mol. The number of hydrogen-bond acceptors (Lipinski definition) is 4. The van der Waals surface area contributed by atoms with Gasteiger partial charge in [-0.05, 0) is 26.0 Å². The fourth-order valence-corrected chi connectivity index (χ4v) is 3.14. The first-order chi connectivity index (χ1) is 7.48. The molecule has 0 aliphatic carbocycles. The first-order valence-electron chi connectivity index (χ1n) is 5.29. The molecule has 2 rings (SSSR count). The van der Waals surface area contributed by atoms with Crippen molar-refractivity contribution in [1.29, 1.82) is 0 Å². The zero-order valence-corrected chi connectivity index (χ0v) is 11.1. The van der Waals surface area contributed by atoms with Crippen LogP contribution in [0.3, 0.4) is 0 Å². The Kier molecular flexibility index (Phi) is 3.22. The maximum atomic E-state index is 5.94. The molecule has 1 fully saturated rings. The van der Waals surface area contributed by atoms with Crippen LogP contribution in [0, 0.1) is 0 Å². The van der Waals surface area contributed by atoms with E-state index in [4.69, 9.17) is 17.3 Å². The van der Waals surface area contributed by atoms with Gasteiger partial charge in [0.25, 0.3) is 0 Å². The lowest BCUT2D eigenvalue weighted by Crippen LogP contribution is -2.43. The molecule has 16 heavy (non-hydrogen) atoms. The van der Waals surface area contributed by atoms with Crippen molar-refractivity contribution in [2.75, 3.05) is 29.5 Å². The molecule has 3 nitrogen and oxygen atoms in total. The van der Waals surface area contributed by atoms with Crippen molar-refractivity contribution in [3.05, 3.63) is 17.3 Å². The van der Waals surface area contributed by atoms with Crippen LogP contribution in [0.25, 0.3) is 0 Å². The Bertz CT molecular complexity index is 395. The maximum Gasteiger partial charge on any atom is 0.153 e. The molecule has 0 amide bonds. The van der Waals surface area contributed by atoms with Gasteiger partial charge >= 0.3 is 0 Å². The van der Waals surface area contributed by atoms with E-state index in [1.54, 1.807) is 6.07 Å². The van der Waals surface area contributed by atoms with E-state index in [-0.39, 0.29) is 4.75 Å². The van der Waals surface area contributed by atoms with Crippen molar-refractivity contribution in [2.24, 2.45) is 0 Å². The third-order valence-electron chi connectivity index (χ3n) is 2.60. The van der Waals surface area contributed by atoms with Gasteiger partial charge in [-0.25, -0.2) is 4.98 Å². The molecule has 1 saturated heterocycles. The number of nitrogen functional groups attached to an aromatic ring is 1. The third kappa shape index (κ3) is 2.55. The largest absolute Gasteiger partial charge is 0.396 e. The number of aromatic nitrogens is 1. The van der Waals surface area contributed by atoms with E-state index in [0.29, 0.717) is 10.8 Å². The van der Waals surface area contributed by atoms with Gasteiger partial charge in [-0.3, -0.25) is 0 Å². The average molecular weight is 258 g/mol. The Hall–Kier alpha value is -0.610. The van der Waals surface area contributed by atoms with Crippen molar-refractivity contribution in [2.45, 2.75) is 18.6 Å². The van der Waals surface area contributed by atoms with E-state index in [1.807, 2.05) is 17.8 Å². The molecule has 2 heterocycles. The van der Waals surface area contributed by atoms with E-state index in [0.717, 1.165) is 24.7 Å². The van der Waals surface area contributed by atoms with Crippen LogP contribution in [0.15, 0.2) is 12.1 Å². The molecule has 0 unspecified atom stereocenters. The summed E-state index contributed by atoms with van der Waals surface area (Å²) in [7, 11) is 0. The number of nitrogens with zero attached hydrogens (tertiary/aromatic N) is 2. The Morgan fingerprint density at radius 3 is 2.94 bits per heavy atom. The second kappa shape index (κ2) is 4.34. The number of hydrogen-bond donors (Lipinski definition) is 1. The van der Waals surface area contributed by atoms with Gasteiger partial charge < -0.3 is 10.6 Å². The number of rotatable bonds is 1. The normalized spacial score (nSPS) is 19.8. The molecule has 0 spiro atoms. The third-order valence-corrected chi connectivity index (χ3v) is 4.10. The number of nitrogens with two attached hydrogens (primary N) is 1. The molecule has 0 bridgehead atoms. The van der Waals surface area contributed by atoms with E-state index < -0.39 is 0 Å². The first kappa shape index (κ1) is 11.9. The monoisotopic (exact) mass is 257 g/mol. The number of thioether (sulfide) groups is 1. The molecule has 88 valence electrons. The Balaban J connectivity index is 2.26. The molecule has 5 heteroatoms. The summed E-state index contributed by atoms with van der Waals surface area (Å²) in [6, 6.07) is 3.55.